The number of rotatable bonds is 4. The molecular formula is C23H16BrClN2O4. The highest BCUT2D eigenvalue weighted by molar-refractivity contribution is 9.10. The van der Waals surface area contributed by atoms with Crippen LogP contribution in [-0.4, -0.2) is 28.9 Å². The number of hydrogen-bond acceptors (Lipinski definition) is 5. The molecular weight excluding hydrogens is 484 g/mol. The molecule has 2 heterocycles. The van der Waals surface area contributed by atoms with Crippen LogP contribution in [0, 0.1) is 0 Å². The van der Waals surface area contributed by atoms with Gasteiger partial charge in [0.15, 0.2) is 0 Å². The quantitative estimate of drug-likeness (QED) is 0.306. The van der Waals surface area contributed by atoms with Crippen LogP contribution >= 0.6 is 27.5 Å². The van der Waals surface area contributed by atoms with Gasteiger partial charge in [-0.1, -0.05) is 27.5 Å². The first-order valence-electron chi connectivity index (χ1n) is 9.22. The minimum Gasteiger partial charge on any atom is -0.507 e. The number of ether oxygens (including phenoxy) is 1. The Morgan fingerprint density at radius 1 is 1.10 bits per heavy atom. The first kappa shape index (κ1) is 21.1. The number of halogens is 2. The minimum absolute atomic E-state index is 0.0245. The van der Waals surface area contributed by atoms with Crippen molar-refractivity contribution in [3.8, 4) is 5.75 Å². The fourth-order valence-electron chi connectivity index (χ4n) is 3.52. The number of methoxy groups -OCH3 is 1. The number of nitrogens with zero attached hydrogens (tertiary/aromatic N) is 2. The molecule has 1 fully saturated rings. The van der Waals surface area contributed by atoms with E-state index in [4.69, 9.17) is 16.3 Å². The summed E-state index contributed by atoms with van der Waals surface area (Å²) >= 11 is 9.47. The predicted molar refractivity (Wildman–Crippen MR) is 121 cm³/mol. The van der Waals surface area contributed by atoms with E-state index in [2.05, 4.69) is 20.9 Å². The molecule has 31 heavy (non-hydrogen) atoms. The summed E-state index contributed by atoms with van der Waals surface area (Å²) in [6.45, 7) is 0. The third kappa shape index (κ3) is 3.82. The van der Waals surface area contributed by atoms with Crippen molar-refractivity contribution in [2.45, 2.75) is 6.04 Å². The lowest BCUT2D eigenvalue weighted by Crippen LogP contribution is -2.29. The van der Waals surface area contributed by atoms with Gasteiger partial charge in [-0.05, 0) is 60.2 Å². The number of carbonyl (C=O) groups excluding carboxylic acids is 2. The normalized spacial score (nSPS) is 17.8. The minimum atomic E-state index is -0.828. The van der Waals surface area contributed by atoms with E-state index in [1.54, 1.807) is 60.9 Å². The fourth-order valence-corrected chi connectivity index (χ4v) is 3.98. The van der Waals surface area contributed by atoms with E-state index in [-0.39, 0.29) is 11.3 Å². The molecule has 8 heteroatoms. The van der Waals surface area contributed by atoms with Gasteiger partial charge in [0, 0.05) is 28.1 Å². The van der Waals surface area contributed by atoms with E-state index >= 15 is 0 Å². The third-order valence-electron chi connectivity index (χ3n) is 5.00. The van der Waals surface area contributed by atoms with E-state index in [1.807, 2.05) is 0 Å². The van der Waals surface area contributed by atoms with E-state index in [0.717, 1.165) is 4.47 Å². The van der Waals surface area contributed by atoms with E-state index < -0.39 is 17.7 Å². The Labute approximate surface area is 191 Å². The fraction of sp³-hybridized carbons (Fsp3) is 0.0870. The smallest absolute Gasteiger partial charge is 0.300 e. The van der Waals surface area contributed by atoms with Gasteiger partial charge in [0.05, 0.1) is 23.7 Å². The Morgan fingerprint density at radius 3 is 2.42 bits per heavy atom. The van der Waals surface area contributed by atoms with Crippen LogP contribution in [0.15, 0.2) is 77.0 Å². The number of carbonyl (C=O) groups is 2. The largest absolute Gasteiger partial charge is 0.507 e. The van der Waals surface area contributed by atoms with Crippen LogP contribution in [0.5, 0.6) is 5.75 Å². The monoisotopic (exact) mass is 498 g/mol. The van der Waals surface area contributed by atoms with Crippen LogP contribution in [0.3, 0.4) is 0 Å². The zero-order valence-corrected chi connectivity index (χ0v) is 18.6. The Morgan fingerprint density at radius 2 is 1.77 bits per heavy atom. The number of aliphatic hydroxyl groups is 1. The summed E-state index contributed by atoms with van der Waals surface area (Å²) in [5.41, 5.74) is 1.46. The van der Waals surface area contributed by atoms with Crippen LogP contribution in [0.1, 0.15) is 17.2 Å². The number of aromatic nitrogens is 1. The molecule has 0 spiro atoms. The molecule has 1 aliphatic rings. The number of benzene rings is 2. The van der Waals surface area contributed by atoms with Gasteiger partial charge in [-0.15, -0.1) is 0 Å². The first-order chi connectivity index (χ1) is 14.9. The van der Waals surface area contributed by atoms with Gasteiger partial charge >= 0.3 is 0 Å². The molecule has 0 bridgehead atoms. The van der Waals surface area contributed by atoms with Gasteiger partial charge in [0.2, 0.25) is 0 Å². The molecule has 0 saturated carbocycles. The van der Waals surface area contributed by atoms with Gasteiger partial charge in [-0.2, -0.15) is 0 Å². The van der Waals surface area contributed by atoms with Gasteiger partial charge in [-0.3, -0.25) is 19.5 Å². The lowest BCUT2D eigenvalue weighted by Gasteiger charge is -2.25. The van der Waals surface area contributed by atoms with Crippen molar-refractivity contribution in [3.63, 3.8) is 0 Å². The highest BCUT2D eigenvalue weighted by Crippen LogP contribution is 2.42. The van der Waals surface area contributed by atoms with Crippen LogP contribution in [-0.2, 0) is 9.59 Å². The van der Waals surface area contributed by atoms with Crippen molar-refractivity contribution < 1.29 is 19.4 Å². The molecule has 156 valence electrons. The Kier molecular flexibility index (Phi) is 5.80. The molecule has 3 aromatic rings. The molecule has 1 unspecified atom stereocenters. The molecule has 1 amide bonds. The lowest BCUT2D eigenvalue weighted by atomic mass is 9.95. The molecule has 1 aromatic heterocycles. The standard InChI is InChI=1S/C23H16BrClN2O4/c1-31-18-12-14(2-7-17(18)25)21(28)19-20(13-8-10-26-11-9-13)27(23(30)22(19)29)16-5-3-15(24)4-6-16/h2-12,20,28H,1H3/b21-19-. The van der Waals surface area contributed by atoms with Gasteiger partial charge < -0.3 is 9.84 Å². The van der Waals surface area contributed by atoms with Crippen LogP contribution in [0.4, 0.5) is 5.69 Å². The average Bonchev–Trinajstić information content (AvgIpc) is 3.05. The summed E-state index contributed by atoms with van der Waals surface area (Å²) in [7, 11) is 1.45. The summed E-state index contributed by atoms with van der Waals surface area (Å²) in [6, 6.07) is 14.3. The summed E-state index contributed by atoms with van der Waals surface area (Å²) in [4.78, 5) is 31.5. The van der Waals surface area contributed by atoms with Crippen molar-refractivity contribution in [1.82, 2.24) is 4.98 Å². The Bertz CT molecular complexity index is 1200. The van der Waals surface area contributed by atoms with Crippen LogP contribution in [0.2, 0.25) is 5.02 Å². The highest BCUT2D eigenvalue weighted by atomic mass is 79.9. The second-order valence-corrected chi connectivity index (χ2v) is 8.10. The zero-order valence-electron chi connectivity index (χ0n) is 16.3. The lowest BCUT2D eigenvalue weighted by molar-refractivity contribution is -0.132. The maximum atomic E-state index is 13.1. The predicted octanol–water partition coefficient (Wildman–Crippen LogP) is 5.13. The highest BCUT2D eigenvalue weighted by Gasteiger charge is 2.47. The average molecular weight is 500 g/mol. The molecule has 2 aromatic carbocycles. The maximum Gasteiger partial charge on any atom is 0.300 e. The van der Waals surface area contributed by atoms with Crippen molar-refractivity contribution >= 4 is 50.7 Å². The SMILES string of the molecule is COc1cc(/C(O)=C2/C(=O)C(=O)N(c3ccc(Br)cc3)C2c2ccncc2)ccc1Cl. The van der Waals surface area contributed by atoms with E-state index in [9.17, 15) is 14.7 Å². The number of ketones is 1. The number of anilines is 1. The summed E-state index contributed by atoms with van der Waals surface area (Å²) in [6.07, 6.45) is 3.14. The molecule has 1 atom stereocenters. The van der Waals surface area contributed by atoms with Gasteiger partial charge in [0.25, 0.3) is 11.7 Å². The number of amides is 1. The van der Waals surface area contributed by atoms with Crippen molar-refractivity contribution in [2.75, 3.05) is 12.0 Å². The molecule has 1 saturated heterocycles. The molecule has 6 nitrogen and oxygen atoms in total. The summed E-state index contributed by atoms with van der Waals surface area (Å²) < 4.78 is 6.05. The second kappa shape index (κ2) is 8.53. The van der Waals surface area contributed by atoms with E-state index in [0.29, 0.717) is 27.6 Å². The number of aliphatic hydroxyl groups excluding tert-OH is 1. The number of pyridine rings is 1. The van der Waals surface area contributed by atoms with Crippen molar-refractivity contribution in [2.24, 2.45) is 0 Å². The molecule has 4 rings (SSSR count). The van der Waals surface area contributed by atoms with Crippen LogP contribution < -0.4 is 9.64 Å². The molecule has 0 aliphatic carbocycles. The van der Waals surface area contributed by atoms with Gasteiger partial charge in [-0.25, -0.2) is 0 Å². The van der Waals surface area contributed by atoms with Gasteiger partial charge in [0.1, 0.15) is 11.5 Å². The summed E-state index contributed by atoms with van der Waals surface area (Å²) in [5, 5.41) is 11.5. The first-order valence-corrected chi connectivity index (χ1v) is 10.4. The van der Waals surface area contributed by atoms with Crippen molar-refractivity contribution in [1.29, 1.82) is 0 Å². The number of Topliss-reactive ketones (excluding diaryl/α,β-unsaturated/α-hetero) is 1. The van der Waals surface area contributed by atoms with Crippen molar-refractivity contribution in [3.05, 3.63) is 93.2 Å². The second-order valence-electron chi connectivity index (χ2n) is 6.78. The third-order valence-corrected chi connectivity index (χ3v) is 5.84. The van der Waals surface area contributed by atoms with Crippen LogP contribution in [0.25, 0.3) is 5.76 Å². The summed E-state index contributed by atoms with van der Waals surface area (Å²) in [5.74, 6) is -1.48. The zero-order chi connectivity index (χ0) is 22.1. The molecule has 0 radical (unpaired) electrons. The topological polar surface area (TPSA) is 79.7 Å². The Balaban J connectivity index is 1.93. The molecule has 1 N–H and O–H groups in total. The number of hydrogen-bond donors (Lipinski definition) is 1. The molecule has 1 aliphatic heterocycles. The Hall–Kier alpha value is -3.16. The van der Waals surface area contributed by atoms with E-state index in [1.165, 1.54) is 18.1 Å². The maximum absolute atomic E-state index is 13.1.